The average molecular weight is 393 g/mol. The van der Waals surface area contributed by atoms with E-state index < -0.39 is 0 Å². The van der Waals surface area contributed by atoms with Gasteiger partial charge >= 0.3 is 0 Å². The molecule has 3 aromatic rings. The Morgan fingerprint density at radius 1 is 1.17 bits per heavy atom. The third-order valence-electron chi connectivity index (χ3n) is 5.28. The first kappa shape index (κ1) is 19.0. The molecule has 1 atom stereocenters. The summed E-state index contributed by atoms with van der Waals surface area (Å²) in [4.78, 5) is 18.9. The number of ether oxygens (including phenoxy) is 2. The van der Waals surface area contributed by atoms with Gasteiger partial charge in [-0.1, -0.05) is 29.4 Å². The summed E-state index contributed by atoms with van der Waals surface area (Å²) in [5, 5.41) is 4.13. The molecule has 1 aliphatic rings. The van der Waals surface area contributed by atoms with Crippen LogP contribution in [-0.2, 0) is 11.3 Å². The molecule has 150 valence electrons. The first-order valence-electron chi connectivity index (χ1n) is 9.47. The second-order valence-corrected chi connectivity index (χ2v) is 7.13. The Kier molecular flexibility index (Phi) is 5.20. The molecule has 0 saturated carbocycles. The molecule has 1 saturated heterocycles. The van der Waals surface area contributed by atoms with Crippen LogP contribution in [0, 0.1) is 6.92 Å². The van der Waals surface area contributed by atoms with Gasteiger partial charge in [-0.05, 0) is 30.2 Å². The maximum atomic E-state index is 12.5. The van der Waals surface area contributed by atoms with E-state index in [1.807, 2.05) is 29.2 Å². The summed E-state index contributed by atoms with van der Waals surface area (Å²) in [6.45, 7) is 3.23. The van der Waals surface area contributed by atoms with Crippen LogP contribution in [0.4, 0.5) is 0 Å². The number of hydrogen-bond donors (Lipinski definition) is 0. The van der Waals surface area contributed by atoms with E-state index in [4.69, 9.17) is 14.0 Å². The van der Waals surface area contributed by atoms with Crippen LogP contribution in [0.15, 0.2) is 47.0 Å². The predicted octanol–water partition coefficient (Wildman–Crippen LogP) is 3.58. The first-order chi connectivity index (χ1) is 14.1. The summed E-state index contributed by atoms with van der Waals surface area (Å²) in [6.07, 6.45) is 0.380. The molecule has 2 aromatic carbocycles. The lowest BCUT2D eigenvalue weighted by Gasteiger charge is -2.17. The van der Waals surface area contributed by atoms with Gasteiger partial charge in [0.15, 0.2) is 5.82 Å². The van der Waals surface area contributed by atoms with E-state index in [-0.39, 0.29) is 11.8 Å². The van der Waals surface area contributed by atoms with Crippen molar-refractivity contribution < 1.29 is 18.8 Å². The molecule has 29 heavy (non-hydrogen) atoms. The molecule has 7 nitrogen and oxygen atoms in total. The molecule has 1 amide bonds. The zero-order valence-corrected chi connectivity index (χ0v) is 16.7. The molecule has 0 radical (unpaired) electrons. The summed E-state index contributed by atoms with van der Waals surface area (Å²) in [5.74, 6) is 2.18. The van der Waals surface area contributed by atoms with Gasteiger partial charge in [0, 0.05) is 31.5 Å². The maximum absolute atomic E-state index is 12.5. The van der Waals surface area contributed by atoms with Crippen molar-refractivity contribution in [2.24, 2.45) is 0 Å². The lowest BCUT2D eigenvalue weighted by Crippen LogP contribution is -2.24. The number of benzene rings is 2. The summed E-state index contributed by atoms with van der Waals surface area (Å²) in [6, 6.07) is 13.5. The number of rotatable bonds is 6. The molecular formula is C22H23N3O4. The molecule has 0 bridgehead atoms. The van der Waals surface area contributed by atoms with E-state index in [1.165, 1.54) is 5.56 Å². The van der Waals surface area contributed by atoms with Crippen molar-refractivity contribution in [1.29, 1.82) is 0 Å². The standard InChI is InChI=1S/C22H23N3O4/c1-14-6-4-5-7-15(14)12-25-13-16(10-20(25)26)21-23-22(29-24-21)18-9-8-17(27-2)11-19(18)28-3/h4-9,11,16H,10,12-13H2,1-3H3. The summed E-state index contributed by atoms with van der Waals surface area (Å²) < 4.78 is 16.1. The molecule has 0 N–H and O–H groups in total. The van der Waals surface area contributed by atoms with Crippen LogP contribution in [-0.4, -0.2) is 41.7 Å². The highest BCUT2D eigenvalue weighted by Gasteiger charge is 2.34. The van der Waals surface area contributed by atoms with E-state index in [0.29, 0.717) is 48.3 Å². The van der Waals surface area contributed by atoms with Crippen molar-refractivity contribution in [3.05, 3.63) is 59.4 Å². The Labute approximate surface area is 169 Å². The fourth-order valence-electron chi connectivity index (χ4n) is 3.58. The van der Waals surface area contributed by atoms with Crippen LogP contribution in [0.25, 0.3) is 11.5 Å². The Hall–Kier alpha value is -3.35. The normalized spacial score (nSPS) is 16.3. The van der Waals surface area contributed by atoms with Gasteiger partial charge in [0.1, 0.15) is 11.5 Å². The molecule has 1 aliphatic heterocycles. The van der Waals surface area contributed by atoms with E-state index in [2.05, 4.69) is 29.2 Å². The molecule has 0 aliphatic carbocycles. The zero-order valence-electron chi connectivity index (χ0n) is 16.7. The number of aromatic nitrogens is 2. The van der Waals surface area contributed by atoms with Gasteiger partial charge in [0.05, 0.1) is 19.8 Å². The minimum atomic E-state index is -0.0896. The van der Waals surface area contributed by atoms with Crippen molar-refractivity contribution in [2.45, 2.75) is 25.8 Å². The number of nitrogens with zero attached hydrogens (tertiary/aromatic N) is 3. The van der Waals surface area contributed by atoms with E-state index >= 15 is 0 Å². The quantitative estimate of drug-likeness (QED) is 0.637. The lowest BCUT2D eigenvalue weighted by molar-refractivity contribution is -0.128. The van der Waals surface area contributed by atoms with Crippen LogP contribution in [0.5, 0.6) is 11.5 Å². The van der Waals surface area contributed by atoms with Crippen LogP contribution >= 0.6 is 0 Å². The van der Waals surface area contributed by atoms with Gasteiger partial charge < -0.3 is 18.9 Å². The third-order valence-corrected chi connectivity index (χ3v) is 5.28. The zero-order chi connectivity index (χ0) is 20.4. The van der Waals surface area contributed by atoms with Gasteiger partial charge in [0.2, 0.25) is 5.91 Å². The number of aryl methyl sites for hydroxylation is 1. The molecule has 0 spiro atoms. The number of methoxy groups -OCH3 is 2. The first-order valence-corrected chi connectivity index (χ1v) is 9.47. The molecule has 7 heteroatoms. The van der Waals surface area contributed by atoms with Crippen molar-refractivity contribution in [1.82, 2.24) is 15.0 Å². The molecule has 1 fully saturated rings. The van der Waals surface area contributed by atoms with Crippen molar-refractivity contribution in [3.63, 3.8) is 0 Å². The Morgan fingerprint density at radius 2 is 2.00 bits per heavy atom. The fraction of sp³-hybridized carbons (Fsp3) is 0.318. The largest absolute Gasteiger partial charge is 0.497 e. The van der Waals surface area contributed by atoms with Gasteiger partial charge in [0.25, 0.3) is 5.89 Å². The number of carbonyl (C=O) groups is 1. The minimum Gasteiger partial charge on any atom is -0.497 e. The second-order valence-electron chi connectivity index (χ2n) is 7.13. The van der Waals surface area contributed by atoms with Gasteiger partial charge in [-0.15, -0.1) is 0 Å². The van der Waals surface area contributed by atoms with Crippen LogP contribution < -0.4 is 9.47 Å². The van der Waals surface area contributed by atoms with Crippen molar-refractivity contribution in [2.75, 3.05) is 20.8 Å². The summed E-state index contributed by atoms with van der Waals surface area (Å²) >= 11 is 0. The molecular weight excluding hydrogens is 370 g/mol. The highest BCUT2D eigenvalue weighted by atomic mass is 16.5. The number of carbonyl (C=O) groups excluding carboxylic acids is 1. The summed E-state index contributed by atoms with van der Waals surface area (Å²) in [5.41, 5.74) is 3.02. The predicted molar refractivity (Wildman–Crippen MR) is 107 cm³/mol. The summed E-state index contributed by atoms with van der Waals surface area (Å²) in [7, 11) is 3.17. The topological polar surface area (TPSA) is 77.7 Å². The Bertz CT molecular complexity index is 1030. The highest BCUT2D eigenvalue weighted by Crippen LogP contribution is 2.34. The smallest absolute Gasteiger partial charge is 0.261 e. The Morgan fingerprint density at radius 3 is 2.76 bits per heavy atom. The van der Waals surface area contributed by atoms with E-state index in [0.717, 1.165) is 5.56 Å². The number of hydrogen-bond acceptors (Lipinski definition) is 6. The number of amides is 1. The minimum absolute atomic E-state index is 0.0896. The van der Waals surface area contributed by atoms with Crippen molar-refractivity contribution >= 4 is 5.91 Å². The van der Waals surface area contributed by atoms with Crippen LogP contribution in [0.1, 0.15) is 29.3 Å². The second kappa shape index (κ2) is 7.95. The average Bonchev–Trinajstić information content (AvgIpc) is 3.36. The SMILES string of the molecule is COc1ccc(-c2nc(C3CC(=O)N(Cc4ccccc4C)C3)no2)c(OC)c1. The molecule has 4 rings (SSSR count). The Balaban J connectivity index is 1.52. The third kappa shape index (κ3) is 3.81. The molecule has 1 unspecified atom stereocenters. The lowest BCUT2D eigenvalue weighted by atomic mass is 10.1. The van der Waals surface area contributed by atoms with E-state index in [9.17, 15) is 4.79 Å². The van der Waals surface area contributed by atoms with E-state index in [1.54, 1.807) is 20.3 Å². The van der Waals surface area contributed by atoms with Crippen LogP contribution in [0.2, 0.25) is 0 Å². The van der Waals surface area contributed by atoms with Gasteiger partial charge in [-0.25, -0.2) is 0 Å². The maximum Gasteiger partial charge on any atom is 0.261 e. The molecule has 1 aromatic heterocycles. The van der Waals surface area contributed by atoms with Crippen molar-refractivity contribution in [3.8, 4) is 23.0 Å². The number of likely N-dealkylation sites (tertiary alicyclic amines) is 1. The fourth-order valence-corrected chi connectivity index (χ4v) is 3.58. The van der Waals surface area contributed by atoms with Gasteiger partial charge in [-0.2, -0.15) is 4.98 Å². The highest BCUT2D eigenvalue weighted by molar-refractivity contribution is 5.79. The van der Waals surface area contributed by atoms with Gasteiger partial charge in [-0.3, -0.25) is 4.79 Å². The monoisotopic (exact) mass is 393 g/mol. The molecule has 2 heterocycles. The van der Waals surface area contributed by atoms with Crippen LogP contribution in [0.3, 0.4) is 0 Å².